The molecular weight excluding hydrogens is 492 g/mol. The molecule has 2 atom stereocenters. The molecule has 0 radical (unpaired) electrons. The highest BCUT2D eigenvalue weighted by atomic mass is 35.5. The van der Waals surface area contributed by atoms with Gasteiger partial charge in [-0.25, -0.2) is 31.9 Å². The SMILES string of the molecule is Cl.N[C@H](c1cn2ncc([C@@H](COC3CC3)N3CC(F)(F)CNC3=O)cc2n1)C1CCC(F)(F)CC1. The monoisotopic (exact) mass is 520 g/mol. The molecule has 3 aliphatic rings. The van der Waals surface area contributed by atoms with Gasteiger partial charge in [-0.2, -0.15) is 5.10 Å². The number of carbonyl (C=O) groups excluding carboxylic acids is 1. The zero-order chi connectivity index (χ0) is 24.1. The van der Waals surface area contributed by atoms with Gasteiger partial charge in [-0.15, -0.1) is 12.4 Å². The topological polar surface area (TPSA) is 97.8 Å². The first-order valence-electron chi connectivity index (χ1n) is 11.6. The summed E-state index contributed by atoms with van der Waals surface area (Å²) in [5, 5.41) is 6.59. The van der Waals surface area contributed by atoms with Crippen molar-refractivity contribution < 1.29 is 27.1 Å². The van der Waals surface area contributed by atoms with E-state index < -0.39 is 43.0 Å². The fourth-order valence-electron chi connectivity index (χ4n) is 4.68. The van der Waals surface area contributed by atoms with Gasteiger partial charge in [-0.05, 0) is 37.7 Å². The number of urea groups is 1. The lowest BCUT2D eigenvalue weighted by Gasteiger charge is -2.38. The zero-order valence-corrected chi connectivity index (χ0v) is 19.8. The molecule has 0 spiro atoms. The van der Waals surface area contributed by atoms with Crippen LogP contribution in [0.5, 0.6) is 0 Å². The Morgan fingerprint density at radius 1 is 1.17 bits per heavy atom. The number of carbonyl (C=O) groups is 1. The highest BCUT2D eigenvalue weighted by Crippen LogP contribution is 2.40. The summed E-state index contributed by atoms with van der Waals surface area (Å²) in [5.41, 5.74) is 7.85. The van der Waals surface area contributed by atoms with Crippen molar-refractivity contribution in [1.29, 1.82) is 0 Å². The molecule has 2 aliphatic carbocycles. The van der Waals surface area contributed by atoms with Crippen molar-refractivity contribution in [3.8, 4) is 0 Å². The number of ether oxygens (including phenoxy) is 1. The molecule has 35 heavy (non-hydrogen) atoms. The molecule has 13 heteroatoms. The van der Waals surface area contributed by atoms with Gasteiger partial charge < -0.3 is 20.7 Å². The van der Waals surface area contributed by atoms with Crippen molar-refractivity contribution in [1.82, 2.24) is 24.8 Å². The third-order valence-electron chi connectivity index (χ3n) is 6.91. The van der Waals surface area contributed by atoms with Crippen LogP contribution in [-0.4, -0.2) is 63.2 Å². The second kappa shape index (κ2) is 9.70. The van der Waals surface area contributed by atoms with E-state index in [1.165, 1.54) is 10.7 Å². The molecular formula is C22H29ClF4N6O2. The lowest BCUT2D eigenvalue weighted by atomic mass is 9.81. The molecule has 3 N–H and O–H groups in total. The summed E-state index contributed by atoms with van der Waals surface area (Å²) in [4.78, 5) is 18.1. The van der Waals surface area contributed by atoms with Crippen LogP contribution < -0.4 is 11.1 Å². The number of imidazole rings is 1. The molecule has 2 aromatic rings. The number of nitrogens with zero attached hydrogens (tertiary/aromatic N) is 4. The molecule has 0 aromatic carbocycles. The third-order valence-corrected chi connectivity index (χ3v) is 6.91. The number of hydrogen-bond donors (Lipinski definition) is 2. The number of amides is 2. The Bertz CT molecular complexity index is 1060. The Balaban J connectivity index is 0.00000289. The zero-order valence-electron chi connectivity index (χ0n) is 19.0. The normalized spacial score (nSPS) is 24.0. The molecule has 2 saturated carbocycles. The van der Waals surface area contributed by atoms with E-state index in [-0.39, 0.29) is 43.9 Å². The van der Waals surface area contributed by atoms with Crippen LogP contribution >= 0.6 is 12.4 Å². The van der Waals surface area contributed by atoms with E-state index in [9.17, 15) is 22.4 Å². The third kappa shape index (κ3) is 5.80. The summed E-state index contributed by atoms with van der Waals surface area (Å²) in [6.45, 7) is -1.36. The number of halogens is 5. The molecule has 3 fully saturated rings. The van der Waals surface area contributed by atoms with Crippen molar-refractivity contribution >= 4 is 24.1 Å². The van der Waals surface area contributed by atoms with E-state index in [2.05, 4.69) is 15.4 Å². The van der Waals surface area contributed by atoms with Crippen molar-refractivity contribution in [3.05, 3.63) is 29.7 Å². The fraction of sp³-hybridized carbons (Fsp3) is 0.682. The highest BCUT2D eigenvalue weighted by molar-refractivity contribution is 5.85. The van der Waals surface area contributed by atoms with Gasteiger partial charge in [0.25, 0.3) is 5.92 Å². The largest absolute Gasteiger partial charge is 0.376 e. The van der Waals surface area contributed by atoms with Gasteiger partial charge in [0.1, 0.15) is 0 Å². The Hall–Kier alpha value is -2.18. The predicted octanol–water partition coefficient (Wildman–Crippen LogP) is 3.86. The summed E-state index contributed by atoms with van der Waals surface area (Å²) in [5.74, 6) is -5.81. The predicted molar refractivity (Wildman–Crippen MR) is 121 cm³/mol. The minimum atomic E-state index is -3.06. The lowest BCUT2D eigenvalue weighted by molar-refractivity contribution is -0.0542. The Kier molecular flexibility index (Phi) is 7.18. The van der Waals surface area contributed by atoms with E-state index in [0.29, 0.717) is 29.7 Å². The van der Waals surface area contributed by atoms with Gasteiger partial charge in [0.2, 0.25) is 5.92 Å². The van der Waals surface area contributed by atoms with Crippen LogP contribution in [-0.2, 0) is 4.74 Å². The first-order valence-corrected chi connectivity index (χ1v) is 11.6. The molecule has 3 heterocycles. The number of hydrogen-bond acceptors (Lipinski definition) is 5. The summed E-state index contributed by atoms with van der Waals surface area (Å²) >= 11 is 0. The molecule has 5 rings (SSSR count). The van der Waals surface area contributed by atoms with Crippen LogP contribution in [0.1, 0.15) is 61.9 Å². The molecule has 2 amide bonds. The maximum Gasteiger partial charge on any atom is 0.318 e. The summed E-state index contributed by atoms with van der Waals surface area (Å²) in [7, 11) is 0. The molecule has 2 aromatic heterocycles. The average molecular weight is 521 g/mol. The van der Waals surface area contributed by atoms with Gasteiger partial charge in [-0.1, -0.05) is 0 Å². The van der Waals surface area contributed by atoms with Gasteiger partial charge in [0.15, 0.2) is 5.65 Å². The van der Waals surface area contributed by atoms with Gasteiger partial charge in [-0.3, -0.25) is 0 Å². The Morgan fingerprint density at radius 3 is 2.57 bits per heavy atom. The Labute approximate surface area is 206 Å². The Morgan fingerprint density at radius 2 is 1.89 bits per heavy atom. The lowest BCUT2D eigenvalue weighted by Crippen LogP contribution is -2.58. The van der Waals surface area contributed by atoms with Crippen LogP contribution in [0.3, 0.4) is 0 Å². The van der Waals surface area contributed by atoms with E-state index in [4.69, 9.17) is 10.5 Å². The van der Waals surface area contributed by atoms with Crippen LogP contribution in [0.4, 0.5) is 22.4 Å². The van der Waals surface area contributed by atoms with E-state index >= 15 is 0 Å². The van der Waals surface area contributed by atoms with Gasteiger partial charge in [0.05, 0.1) is 56.0 Å². The van der Waals surface area contributed by atoms with Crippen LogP contribution in [0.25, 0.3) is 5.65 Å². The average Bonchev–Trinajstić information content (AvgIpc) is 3.51. The number of nitrogens with one attached hydrogen (secondary N) is 1. The molecule has 0 bridgehead atoms. The maximum absolute atomic E-state index is 14.1. The smallest absolute Gasteiger partial charge is 0.318 e. The first kappa shape index (κ1) is 25.9. The number of alkyl halides is 4. The van der Waals surface area contributed by atoms with Crippen LogP contribution in [0, 0.1) is 5.92 Å². The number of fused-ring (bicyclic) bond motifs is 1. The van der Waals surface area contributed by atoms with E-state index in [1.807, 2.05) is 0 Å². The van der Waals surface area contributed by atoms with Crippen molar-refractivity contribution in [3.63, 3.8) is 0 Å². The van der Waals surface area contributed by atoms with E-state index in [1.54, 1.807) is 12.3 Å². The molecule has 1 saturated heterocycles. The van der Waals surface area contributed by atoms with E-state index in [0.717, 1.165) is 17.7 Å². The molecule has 8 nitrogen and oxygen atoms in total. The van der Waals surface area contributed by atoms with Crippen molar-refractivity contribution in [2.24, 2.45) is 11.7 Å². The van der Waals surface area contributed by atoms with Crippen LogP contribution in [0.15, 0.2) is 18.5 Å². The highest BCUT2D eigenvalue weighted by Gasteiger charge is 2.43. The first-order chi connectivity index (χ1) is 16.1. The summed E-state index contributed by atoms with van der Waals surface area (Å²) in [6.07, 6.45) is 5.31. The quantitative estimate of drug-likeness (QED) is 0.540. The maximum atomic E-state index is 14.1. The molecule has 1 aliphatic heterocycles. The second-order valence-electron chi connectivity index (χ2n) is 9.67. The number of nitrogens with two attached hydrogens (primary N) is 1. The second-order valence-corrected chi connectivity index (χ2v) is 9.67. The number of rotatable bonds is 7. The van der Waals surface area contributed by atoms with Gasteiger partial charge in [0, 0.05) is 18.4 Å². The minimum absolute atomic E-state index is 0. The summed E-state index contributed by atoms with van der Waals surface area (Å²) < 4.78 is 62.5. The minimum Gasteiger partial charge on any atom is -0.376 e. The summed E-state index contributed by atoms with van der Waals surface area (Å²) in [6, 6.07) is -0.185. The molecule has 194 valence electrons. The van der Waals surface area contributed by atoms with Gasteiger partial charge >= 0.3 is 6.03 Å². The standard InChI is InChI=1S/C22H28F4N6O2.ClH/c23-21(24)5-3-13(4-6-21)19(27)16-9-32-18(30-16)7-14(8-29-32)17(10-34-15-1-2-15)31-12-22(25,26)11-28-20(31)33;/h7-9,13,15,17,19H,1-6,10-12,27H2,(H,28,33);1H/t17-,19+;/m1./s1. The van der Waals surface area contributed by atoms with Crippen molar-refractivity contribution in [2.75, 3.05) is 19.7 Å². The van der Waals surface area contributed by atoms with Crippen molar-refractivity contribution in [2.45, 2.75) is 68.6 Å². The van der Waals surface area contributed by atoms with Crippen LogP contribution in [0.2, 0.25) is 0 Å². The fourth-order valence-corrected chi connectivity index (χ4v) is 4.68. The number of aromatic nitrogens is 3. The molecule has 0 unspecified atom stereocenters.